The van der Waals surface area contributed by atoms with Crippen molar-refractivity contribution in [2.75, 3.05) is 13.6 Å². The van der Waals surface area contributed by atoms with Crippen LogP contribution in [0.2, 0.25) is 0 Å². The van der Waals surface area contributed by atoms with Crippen LogP contribution >= 0.6 is 0 Å². The normalized spacial score (nSPS) is 12.0. The van der Waals surface area contributed by atoms with Crippen molar-refractivity contribution in [3.05, 3.63) is 35.4 Å². The second kappa shape index (κ2) is 8.36. The molecule has 0 aliphatic rings. The van der Waals surface area contributed by atoms with Gasteiger partial charge in [0.25, 0.3) is 0 Å². The van der Waals surface area contributed by atoms with Crippen molar-refractivity contribution in [3.63, 3.8) is 0 Å². The first-order valence-electron chi connectivity index (χ1n) is 8.09. The Labute approximate surface area is 146 Å². The lowest BCUT2D eigenvalue weighted by Crippen LogP contribution is -2.35. The summed E-state index contributed by atoms with van der Waals surface area (Å²) in [5.41, 5.74) is -0.548. The molecular formula is C18H25F3N2O2. The molecule has 2 amide bonds. The summed E-state index contributed by atoms with van der Waals surface area (Å²) in [6.07, 6.45) is -3.59. The van der Waals surface area contributed by atoms with Crippen LogP contribution in [0.1, 0.15) is 44.7 Å². The third-order valence-electron chi connectivity index (χ3n) is 3.66. The average Bonchev–Trinajstić information content (AvgIpc) is 2.49. The topological polar surface area (TPSA) is 49.4 Å². The summed E-state index contributed by atoms with van der Waals surface area (Å²) in [6.45, 7) is 6.09. The number of rotatable bonds is 6. The maximum Gasteiger partial charge on any atom is 0.416 e. The van der Waals surface area contributed by atoms with Gasteiger partial charge in [0.05, 0.1) is 5.56 Å². The Morgan fingerprint density at radius 3 is 2.12 bits per heavy atom. The molecule has 0 heterocycles. The summed E-state index contributed by atoms with van der Waals surface area (Å²) in [6, 6.07) is 4.76. The monoisotopic (exact) mass is 358 g/mol. The maximum atomic E-state index is 12.5. The van der Waals surface area contributed by atoms with Crippen molar-refractivity contribution < 1.29 is 22.8 Å². The fraction of sp³-hybridized carbons (Fsp3) is 0.556. The van der Waals surface area contributed by atoms with E-state index in [4.69, 9.17) is 0 Å². The van der Waals surface area contributed by atoms with Crippen LogP contribution in [-0.4, -0.2) is 30.3 Å². The van der Waals surface area contributed by atoms with Gasteiger partial charge in [0.15, 0.2) is 0 Å². The zero-order chi connectivity index (χ0) is 19.3. The molecule has 0 bridgehead atoms. The van der Waals surface area contributed by atoms with E-state index in [9.17, 15) is 22.8 Å². The van der Waals surface area contributed by atoms with Crippen LogP contribution in [0.4, 0.5) is 13.2 Å². The van der Waals surface area contributed by atoms with Gasteiger partial charge >= 0.3 is 6.18 Å². The number of benzene rings is 1. The molecule has 0 radical (unpaired) electrons. The zero-order valence-electron chi connectivity index (χ0n) is 15.0. The van der Waals surface area contributed by atoms with Crippen molar-refractivity contribution in [3.8, 4) is 0 Å². The summed E-state index contributed by atoms with van der Waals surface area (Å²) in [7, 11) is 1.60. The Kier molecular flexibility index (Phi) is 7.02. The first kappa shape index (κ1) is 21.0. The van der Waals surface area contributed by atoms with Gasteiger partial charge in [-0.15, -0.1) is 0 Å². The van der Waals surface area contributed by atoms with Gasteiger partial charge in [-0.05, 0) is 24.1 Å². The maximum absolute atomic E-state index is 12.5. The van der Waals surface area contributed by atoms with Crippen molar-refractivity contribution in [2.24, 2.45) is 5.41 Å². The highest BCUT2D eigenvalue weighted by atomic mass is 19.4. The van der Waals surface area contributed by atoms with Gasteiger partial charge in [0.1, 0.15) is 0 Å². The van der Waals surface area contributed by atoms with E-state index in [1.165, 1.54) is 17.0 Å². The Morgan fingerprint density at radius 1 is 1.08 bits per heavy atom. The van der Waals surface area contributed by atoms with Gasteiger partial charge in [-0.2, -0.15) is 13.2 Å². The molecule has 1 aromatic carbocycles. The van der Waals surface area contributed by atoms with Crippen LogP contribution in [0.3, 0.4) is 0 Å². The molecule has 0 spiro atoms. The second-order valence-electron chi connectivity index (χ2n) is 7.05. The standard InChI is InChI=1S/C18H25F3N2O2/c1-17(2,3)16(25)22-11-5-6-15(24)23(4)12-13-7-9-14(10-8-13)18(19,20)21/h7-10H,5-6,11-12H2,1-4H3,(H,22,25). The minimum absolute atomic E-state index is 0.0712. The molecule has 25 heavy (non-hydrogen) atoms. The highest BCUT2D eigenvalue weighted by Crippen LogP contribution is 2.29. The summed E-state index contributed by atoms with van der Waals surface area (Å²) in [5, 5.41) is 2.77. The molecule has 7 heteroatoms. The molecule has 0 aliphatic carbocycles. The first-order chi connectivity index (χ1) is 11.4. The van der Waals surface area contributed by atoms with Crippen molar-refractivity contribution in [2.45, 2.75) is 46.3 Å². The molecule has 1 rings (SSSR count). The third-order valence-corrected chi connectivity index (χ3v) is 3.66. The lowest BCUT2D eigenvalue weighted by molar-refractivity contribution is -0.137. The van der Waals surface area contributed by atoms with Crippen LogP contribution in [0, 0.1) is 5.41 Å². The van der Waals surface area contributed by atoms with E-state index in [1.807, 2.05) is 20.8 Å². The largest absolute Gasteiger partial charge is 0.416 e. The molecule has 0 saturated heterocycles. The summed E-state index contributed by atoms with van der Waals surface area (Å²) in [4.78, 5) is 25.2. The summed E-state index contributed by atoms with van der Waals surface area (Å²) < 4.78 is 37.6. The fourth-order valence-electron chi connectivity index (χ4n) is 2.06. The Bertz CT molecular complexity index is 590. The van der Waals surface area contributed by atoms with E-state index in [0.29, 0.717) is 18.5 Å². The number of halogens is 3. The number of amides is 2. The van der Waals surface area contributed by atoms with Crippen molar-refractivity contribution >= 4 is 11.8 Å². The van der Waals surface area contributed by atoms with Crippen molar-refractivity contribution in [1.29, 1.82) is 0 Å². The zero-order valence-corrected chi connectivity index (χ0v) is 15.0. The number of hydrogen-bond donors (Lipinski definition) is 1. The van der Waals surface area contributed by atoms with Gasteiger partial charge in [-0.3, -0.25) is 9.59 Å². The minimum atomic E-state index is -4.36. The molecule has 0 saturated carbocycles. The molecule has 0 atom stereocenters. The lowest BCUT2D eigenvalue weighted by atomic mass is 9.96. The van der Waals surface area contributed by atoms with E-state index < -0.39 is 17.2 Å². The van der Waals surface area contributed by atoms with Crippen LogP contribution in [0.5, 0.6) is 0 Å². The highest BCUT2D eigenvalue weighted by molar-refractivity contribution is 5.81. The molecule has 140 valence electrons. The van der Waals surface area contributed by atoms with Crippen LogP contribution in [0.15, 0.2) is 24.3 Å². The smallest absolute Gasteiger partial charge is 0.356 e. The summed E-state index contributed by atoms with van der Waals surface area (Å²) in [5.74, 6) is -0.192. The van der Waals surface area contributed by atoms with E-state index >= 15 is 0 Å². The number of nitrogens with zero attached hydrogens (tertiary/aromatic N) is 1. The van der Waals surface area contributed by atoms with E-state index in [1.54, 1.807) is 7.05 Å². The van der Waals surface area contributed by atoms with Gasteiger partial charge < -0.3 is 10.2 Å². The van der Waals surface area contributed by atoms with Crippen LogP contribution in [-0.2, 0) is 22.3 Å². The Hall–Kier alpha value is -2.05. The van der Waals surface area contributed by atoms with Gasteiger partial charge in [0.2, 0.25) is 11.8 Å². The Morgan fingerprint density at radius 2 is 1.64 bits per heavy atom. The lowest BCUT2D eigenvalue weighted by Gasteiger charge is -2.19. The molecule has 0 fully saturated rings. The number of nitrogens with one attached hydrogen (secondary N) is 1. The molecule has 0 aromatic heterocycles. The number of carbonyl (C=O) groups excluding carboxylic acids is 2. The number of carbonyl (C=O) groups is 2. The third kappa shape index (κ3) is 7.15. The molecule has 0 unspecified atom stereocenters. The second-order valence-corrected chi connectivity index (χ2v) is 7.05. The quantitative estimate of drug-likeness (QED) is 0.790. The van der Waals surface area contributed by atoms with E-state index in [-0.39, 0.29) is 24.8 Å². The highest BCUT2D eigenvalue weighted by Gasteiger charge is 2.30. The fourth-order valence-corrected chi connectivity index (χ4v) is 2.06. The first-order valence-corrected chi connectivity index (χ1v) is 8.09. The van der Waals surface area contributed by atoms with Gasteiger partial charge in [-0.1, -0.05) is 32.9 Å². The SMILES string of the molecule is CN(Cc1ccc(C(F)(F)F)cc1)C(=O)CCCNC(=O)C(C)(C)C. The predicted octanol–water partition coefficient (Wildman–Crippen LogP) is 3.61. The minimum Gasteiger partial charge on any atom is -0.356 e. The molecule has 0 aliphatic heterocycles. The molecule has 1 N–H and O–H groups in total. The van der Waals surface area contributed by atoms with Gasteiger partial charge in [0, 0.05) is 32.0 Å². The Balaban J connectivity index is 2.41. The molecule has 1 aromatic rings. The van der Waals surface area contributed by atoms with E-state index in [0.717, 1.165) is 12.1 Å². The number of hydrogen-bond acceptors (Lipinski definition) is 2. The van der Waals surface area contributed by atoms with Gasteiger partial charge in [-0.25, -0.2) is 0 Å². The summed E-state index contributed by atoms with van der Waals surface area (Å²) >= 11 is 0. The van der Waals surface area contributed by atoms with Crippen LogP contribution in [0.25, 0.3) is 0 Å². The molecule has 4 nitrogen and oxygen atoms in total. The van der Waals surface area contributed by atoms with Crippen LogP contribution < -0.4 is 5.32 Å². The van der Waals surface area contributed by atoms with E-state index in [2.05, 4.69) is 5.32 Å². The average molecular weight is 358 g/mol. The molecular weight excluding hydrogens is 333 g/mol. The number of alkyl halides is 3. The van der Waals surface area contributed by atoms with Crippen molar-refractivity contribution in [1.82, 2.24) is 10.2 Å². The predicted molar refractivity (Wildman–Crippen MR) is 89.6 cm³/mol.